The molecule has 1 amide bonds. The first-order chi connectivity index (χ1) is 16.2. The van der Waals surface area contributed by atoms with Crippen LogP contribution in [0.25, 0.3) is 11.0 Å². The zero-order valence-electron chi connectivity index (χ0n) is 18.6. The number of aromatic nitrogens is 1. The van der Waals surface area contributed by atoms with Gasteiger partial charge in [0, 0.05) is 47.5 Å². The first-order valence-electron chi connectivity index (χ1n) is 11.6. The predicted octanol–water partition coefficient (Wildman–Crippen LogP) is 3.51. The molecule has 8 heteroatoms. The second-order valence-corrected chi connectivity index (χ2v) is 10.5. The van der Waals surface area contributed by atoms with E-state index in [1.807, 2.05) is 30.3 Å². The summed E-state index contributed by atoms with van der Waals surface area (Å²) in [7, 11) is -1.01. The zero-order valence-corrected chi connectivity index (χ0v) is 19.4. The number of nitrogens with one attached hydrogen (secondary N) is 1. The number of hydrogen-bond acceptors (Lipinski definition) is 6. The minimum Gasteiger partial charge on any atom is -0.449 e. The van der Waals surface area contributed by atoms with Crippen LogP contribution >= 0.6 is 0 Å². The smallest absolute Gasteiger partial charge is 0.287 e. The lowest BCUT2D eigenvalue weighted by atomic mass is 10.0. The average Bonchev–Trinajstić information content (AvgIpc) is 3.32. The number of carbonyl (C=O) groups is 1. The van der Waals surface area contributed by atoms with Gasteiger partial charge in [-0.15, -0.1) is 0 Å². The van der Waals surface area contributed by atoms with E-state index in [1.54, 1.807) is 18.5 Å². The van der Waals surface area contributed by atoms with Crippen molar-refractivity contribution in [1.29, 1.82) is 0 Å². The van der Waals surface area contributed by atoms with Gasteiger partial charge >= 0.3 is 0 Å². The SMILES string of the molecule is O=C(NCc1ccc(S(=O)C2CCN(C3CCOCC3)CC2)cc1)c1cc2ccncc2o1. The van der Waals surface area contributed by atoms with Crippen LogP contribution < -0.4 is 5.32 Å². The van der Waals surface area contributed by atoms with Gasteiger partial charge in [-0.25, -0.2) is 0 Å². The fourth-order valence-corrected chi connectivity index (χ4v) is 6.13. The van der Waals surface area contributed by atoms with Crippen molar-refractivity contribution in [3.05, 3.63) is 60.1 Å². The van der Waals surface area contributed by atoms with Crippen molar-refractivity contribution < 1.29 is 18.2 Å². The molecule has 174 valence electrons. The molecule has 1 aromatic carbocycles. The van der Waals surface area contributed by atoms with Crippen molar-refractivity contribution in [2.24, 2.45) is 0 Å². The second-order valence-electron chi connectivity index (χ2n) is 8.73. The van der Waals surface area contributed by atoms with Crippen molar-refractivity contribution in [2.45, 2.75) is 48.4 Å². The molecule has 0 radical (unpaired) electrons. The quantitative estimate of drug-likeness (QED) is 0.597. The molecule has 5 rings (SSSR count). The minimum atomic E-state index is -1.01. The standard InChI is InChI=1S/C25H29N3O4S/c29-25(23-15-19-5-10-26-17-24(19)32-23)27-16-18-1-3-21(4-2-18)33(30)22-6-11-28(12-7-22)20-8-13-31-14-9-20/h1-5,10,15,17,20,22H,6-9,11-14,16H2,(H,27,29). The van der Waals surface area contributed by atoms with E-state index < -0.39 is 10.8 Å². The van der Waals surface area contributed by atoms with Gasteiger partial charge in [0.1, 0.15) is 0 Å². The summed E-state index contributed by atoms with van der Waals surface area (Å²) < 4.78 is 24.2. The third-order valence-corrected chi connectivity index (χ3v) is 8.46. The van der Waals surface area contributed by atoms with Crippen LogP contribution in [-0.2, 0) is 22.1 Å². The van der Waals surface area contributed by atoms with Crippen LogP contribution in [0.2, 0.25) is 0 Å². The van der Waals surface area contributed by atoms with Gasteiger partial charge < -0.3 is 19.4 Å². The Balaban J connectivity index is 1.12. The molecule has 1 atom stereocenters. The van der Waals surface area contributed by atoms with Crippen LogP contribution in [0.5, 0.6) is 0 Å². The van der Waals surface area contributed by atoms with Crippen LogP contribution in [0.3, 0.4) is 0 Å². The first kappa shape index (κ1) is 22.3. The van der Waals surface area contributed by atoms with E-state index in [2.05, 4.69) is 15.2 Å². The van der Waals surface area contributed by atoms with Crippen molar-refractivity contribution in [2.75, 3.05) is 26.3 Å². The Bertz CT molecular complexity index is 1080. The highest BCUT2D eigenvalue weighted by atomic mass is 32.2. The van der Waals surface area contributed by atoms with E-state index in [0.29, 0.717) is 18.2 Å². The largest absolute Gasteiger partial charge is 0.449 e. The van der Waals surface area contributed by atoms with Gasteiger partial charge in [-0.1, -0.05) is 12.1 Å². The fourth-order valence-electron chi connectivity index (χ4n) is 4.70. The molecular formula is C25H29N3O4S. The summed E-state index contributed by atoms with van der Waals surface area (Å²) in [5.41, 5.74) is 1.55. The molecule has 7 nitrogen and oxygen atoms in total. The van der Waals surface area contributed by atoms with Crippen LogP contribution in [0.1, 0.15) is 41.8 Å². The first-order valence-corrected chi connectivity index (χ1v) is 12.8. The molecule has 0 saturated carbocycles. The van der Waals surface area contributed by atoms with Crippen LogP contribution in [0, 0.1) is 0 Å². The lowest BCUT2D eigenvalue weighted by Crippen LogP contribution is -2.45. The molecule has 3 aromatic rings. The number of rotatable bonds is 6. The number of amides is 1. The Morgan fingerprint density at radius 2 is 1.85 bits per heavy atom. The number of benzene rings is 1. The number of likely N-dealkylation sites (tertiary alicyclic amines) is 1. The zero-order chi connectivity index (χ0) is 22.6. The summed E-state index contributed by atoms with van der Waals surface area (Å²) in [5, 5.41) is 3.93. The molecule has 2 aliphatic rings. The van der Waals surface area contributed by atoms with Crippen molar-refractivity contribution >= 4 is 27.7 Å². The van der Waals surface area contributed by atoms with Crippen LogP contribution in [-0.4, -0.2) is 57.6 Å². The number of carbonyl (C=O) groups excluding carboxylic acids is 1. The molecular weight excluding hydrogens is 438 g/mol. The van der Waals surface area contributed by atoms with Gasteiger partial charge in [-0.2, -0.15) is 0 Å². The average molecular weight is 468 g/mol. The summed E-state index contributed by atoms with van der Waals surface area (Å²) in [6.07, 6.45) is 7.42. The maximum atomic E-state index is 13.1. The monoisotopic (exact) mass is 467 g/mol. The van der Waals surface area contributed by atoms with Crippen LogP contribution in [0.15, 0.2) is 58.1 Å². The van der Waals surface area contributed by atoms with Crippen LogP contribution in [0.4, 0.5) is 0 Å². The highest BCUT2D eigenvalue weighted by Crippen LogP contribution is 2.25. The van der Waals surface area contributed by atoms with E-state index >= 15 is 0 Å². The highest BCUT2D eigenvalue weighted by molar-refractivity contribution is 7.85. The molecule has 4 heterocycles. The number of furan rings is 1. The lowest BCUT2D eigenvalue weighted by molar-refractivity contribution is 0.0278. The number of pyridine rings is 1. The summed E-state index contributed by atoms with van der Waals surface area (Å²) in [5.74, 6) is -0.00189. The molecule has 33 heavy (non-hydrogen) atoms. The van der Waals surface area contributed by atoms with E-state index in [1.165, 1.54) is 0 Å². The second kappa shape index (κ2) is 10.2. The van der Waals surface area contributed by atoms with E-state index in [0.717, 1.165) is 67.8 Å². The highest BCUT2D eigenvalue weighted by Gasteiger charge is 2.29. The van der Waals surface area contributed by atoms with Crippen molar-refractivity contribution in [3.8, 4) is 0 Å². The number of hydrogen-bond donors (Lipinski definition) is 1. The van der Waals surface area contributed by atoms with E-state index in [-0.39, 0.29) is 16.9 Å². The molecule has 1 N–H and O–H groups in total. The van der Waals surface area contributed by atoms with Gasteiger partial charge in [0.25, 0.3) is 5.91 Å². The van der Waals surface area contributed by atoms with Gasteiger partial charge in [-0.05, 0) is 68.6 Å². The number of fused-ring (bicyclic) bond motifs is 1. The van der Waals surface area contributed by atoms with E-state index in [4.69, 9.17) is 9.15 Å². The Morgan fingerprint density at radius 3 is 2.58 bits per heavy atom. The lowest BCUT2D eigenvalue weighted by Gasteiger charge is -2.38. The maximum Gasteiger partial charge on any atom is 0.287 e. The molecule has 0 aliphatic carbocycles. The molecule has 1 unspecified atom stereocenters. The van der Waals surface area contributed by atoms with Crippen molar-refractivity contribution in [3.63, 3.8) is 0 Å². The van der Waals surface area contributed by atoms with Gasteiger partial charge in [0.2, 0.25) is 0 Å². The fraction of sp³-hybridized carbons (Fsp3) is 0.440. The maximum absolute atomic E-state index is 13.1. The molecule has 2 aliphatic heterocycles. The van der Waals surface area contributed by atoms with Gasteiger partial charge in [0.15, 0.2) is 11.3 Å². The summed E-state index contributed by atoms with van der Waals surface area (Å²) in [4.78, 5) is 19.8. The summed E-state index contributed by atoms with van der Waals surface area (Å²) in [6, 6.07) is 11.9. The van der Waals surface area contributed by atoms with Gasteiger partial charge in [0.05, 0.1) is 17.0 Å². The third-order valence-electron chi connectivity index (χ3n) is 6.64. The molecule has 2 saturated heterocycles. The Kier molecular flexibility index (Phi) is 6.85. The van der Waals surface area contributed by atoms with Gasteiger partial charge in [-0.3, -0.25) is 14.0 Å². The molecule has 2 fully saturated rings. The molecule has 0 spiro atoms. The predicted molar refractivity (Wildman–Crippen MR) is 126 cm³/mol. The number of piperidine rings is 1. The molecule has 2 aromatic heterocycles. The normalized spacial score (nSPS) is 19.5. The summed E-state index contributed by atoms with van der Waals surface area (Å²) >= 11 is 0. The summed E-state index contributed by atoms with van der Waals surface area (Å²) in [6.45, 7) is 4.13. The third kappa shape index (κ3) is 5.18. The Labute approximate surface area is 196 Å². The number of ether oxygens (including phenoxy) is 1. The minimum absolute atomic E-state index is 0.203. The number of nitrogens with zero attached hydrogens (tertiary/aromatic N) is 2. The Hall–Kier alpha value is -2.55. The molecule has 0 bridgehead atoms. The van der Waals surface area contributed by atoms with Crippen molar-refractivity contribution in [1.82, 2.24) is 15.2 Å². The Morgan fingerprint density at radius 1 is 1.09 bits per heavy atom. The van der Waals surface area contributed by atoms with E-state index in [9.17, 15) is 9.00 Å². The topological polar surface area (TPSA) is 84.7 Å².